The van der Waals surface area contributed by atoms with Crippen molar-refractivity contribution in [2.75, 3.05) is 19.5 Å². The maximum absolute atomic E-state index is 12.7. The van der Waals surface area contributed by atoms with Crippen LogP contribution in [-0.4, -0.2) is 45.0 Å². The molecule has 142 valence electrons. The van der Waals surface area contributed by atoms with Gasteiger partial charge < -0.3 is 13.7 Å². The number of Topliss-reactive ketones (excluding diaryl/α,β-unsaturated/α-hetero) is 1. The first-order valence-electron chi connectivity index (χ1n) is 8.65. The highest BCUT2D eigenvalue weighted by atomic mass is 32.2. The van der Waals surface area contributed by atoms with Crippen LogP contribution in [0.1, 0.15) is 28.2 Å². The number of ketones is 1. The van der Waals surface area contributed by atoms with Crippen LogP contribution in [0.25, 0.3) is 11.5 Å². The van der Waals surface area contributed by atoms with Gasteiger partial charge in [-0.2, -0.15) is 0 Å². The van der Waals surface area contributed by atoms with Gasteiger partial charge >= 0.3 is 0 Å². The smallest absolute Gasteiger partial charge is 0.277 e. The van der Waals surface area contributed by atoms with E-state index in [9.17, 15) is 4.79 Å². The van der Waals surface area contributed by atoms with Gasteiger partial charge in [-0.15, -0.1) is 10.2 Å². The molecule has 3 rings (SSSR count). The van der Waals surface area contributed by atoms with E-state index >= 15 is 0 Å². The van der Waals surface area contributed by atoms with Gasteiger partial charge in [0.25, 0.3) is 5.22 Å². The van der Waals surface area contributed by atoms with Crippen molar-refractivity contribution in [3.8, 4) is 11.5 Å². The second-order valence-electron chi connectivity index (χ2n) is 6.10. The van der Waals surface area contributed by atoms with Crippen LogP contribution < -0.4 is 0 Å². The van der Waals surface area contributed by atoms with Crippen molar-refractivity contribution in [3.63, 3.8) is 0 Å². The Hall–Kier alpha value is -2.45. The molecular weight excluding hydrogens is 364 g/mol. The molecular formula is C19H22N4O3S. The molecule has 3 aromatic rings. The number of pyridine rings is 1. The highest BCUT2D eigenvalue weighted by Crippen LogP contribution is 2.24. The van der Waals surface area contributed by atoms with Crippen LogP contribution in [0.3, 0.4) is 0 Å². The number of aryl methyl sites for hydroxylation is 1. The topological polar surface area (TPSA) is 83.0 Å². The predicted octanol–water partition coefficient (Wildman–Crippen LogP) is 3.56. The lowest BCUT2D eigenvalue weighted by molar-refractivity contribution is 0.102. The number of ether oxygens (including phenoxy) is 1. The van der Waals surface area contributed by atoms with Crippen LogP contribution in [0.4, 0.5) is 0 Å². The molecule has 0 bridgehead atoms. The van der Waals surface area contributed by atoms with Crippen LogP contribution in [0.5, 0.6) is 0 Å². The number of aromatic nitrogens is 4. The monoisotopic (exact) mass is 386 g/mol. The molecule has 7 nitrogen and oxygen atoms in total. The number of rotatable bonds is 9. The van der Waals surface area contributed by atoms with E-state index < -0.39 is 0 Å². The highest BCUT2D eigenvalue weighted by molar-refractivity contribution is 7.99. The van der Waals surface area contributed by atoms with Gasteiger partial charge in [0.2, 0.25) is 5.89 Å². The van der Waals surface area contributed by atoms with E-state index in [2.05, 4.69) is 19.7 Å². The molecule has 0 aliphatic rings. The van der Waals surface area contributed by atoms with Gasteiger partial charge in [0, 0.05) is 55.2 Å². The molecule has 0 aliphatic carbocycles. The minimum atomic E-state index is 0.0507. The van der Waals surface area contributed by atoms with Crippen LogP contribution >= 0.6 is 11.8 Å². The van der Waals surface area contributed by atoms with E-state index in [1.54, 1.807) is 31.6 Å². The zero-order valence-corrected chi connectivity index (χ0v) is 16.5. The van der Waals surface area contributed by atoms with E-state index in [-0.39, 0.29) is 11.5 Å². The number of nitrogens with zero attached hydrogens (tertiary/aromatic N) is 4. The Morgan fingerprint density at radius 1 is 1.26 bits per heavy atom. The standard InChI is InChI=1S/C19H22N4O3S/c1-13-11-16(14(2)23(13)9-4-10-25-3)17(24)12-27-19-22-21-18(26-19)15-5-7-20-8-6-15/h5-8,11H,4,9-10,12H2,1-3H3. The molecule has 3 heterocycles. The number of methoxy groups -OCH3 is 1. The van der Waals surface area contributed by atoms with Gasteiger partial charge in [-0.3, -0.25) is 9.78 Å². The highest BCUT2D eigenvalue weighted by Gasteiger charge is 2.17. The third-order valence-electron chi connectivity index (χ3n) is 4.26. The van der Waals surface area contributed by atoms with Gasteiger partial charge in [0.15, 0.2) is 5.78 Å². The summed E-state index contributed by atoms with van der Waals surface area (Å²) < 4.78 is 12.9. The van der Waals surface area contributed by atoms with Crippen LogP contribution in [0.15, 0.2) is 40.2 Å². The molecule has 0 spiro atoms. The number of hydrogen-bond acceptors (Lipinski definition) is 7. The van der Waals surface area contributed by atoms with Crippen molar-refractivity contribution in [1.29, 1.82) is 0 Å². The van der Waals surface area contributed by atoms with Crippen molar-refractivity contribution < 1.29 is 13.9 Å². The van der Waals surface area contributed by atoms with E-state index in [1.807, 2.05) is 19.9 Å². The van der Waals surface area contributed by atoms with Crippen molar-refractivity contribution in [2.45, 2.75) is 32.0 Å². The number of thioether (sulfide) groups is 1. The molecule has 0 fully saturated rings. The number of carbonyl (C=O) groups is 1. The first-order valence-corrected chi connectivity index (χ1v) is 9.64. The van der Waals surface area contributed by atoms with Gasteiger partial charge in [0.1, 0.15) is 0 Å². The third-order valence-corrected chi connectivity index (χ3v) is 5.08. The van der Waals surface area contributed by atoms with Gasteiger partial charge in [-0.1, -0.05) is 11.8 Å². The largest absolute Gasteiger partial charge is 0.411 e. The quantitative estimate of drug-likeness (QED) is 0.316. The zero-order chi connectivity index (χ0) is 19.2. The van der Waals surface area contributed by atoms with Gasteiger partial charge in [-0.25, -0.2) is 0 Å². The number of hydrogen-bond donors (Lipinski definition) is 0. The maximum atomic E-state index is 12.7. The molecule has 0 radical (unpaired) electrons. The van der Waals surface area contributed by atoms with Crippen molar-refractivity contribution in [2.24, 2.45) is 0 Å². The van der Waals surface area contributed by atoms with Crippen LogP contribution in [0, 0.1) is 13.8 Å². The Kier molecular flexibility index (Phi) is 6.41. The summed E-state index contributed by atoms with van der Waals surface area (Å²) in [6.45, 7) is 5.53. The Morgan fingerprint density at radius 2 is 2.04 bits per heavy atom. The van der Waals surface area contributed by atoms with Crippen LogP contribution in [-0.2, 0) is 11.3 Å². The minimum Gasteiger partial charge on any atom is -0.411 e. The zero-order valence-electron chi connectivity index (χ0n) is 15.6. The van der Waals surface area contributed by atoms with Crippen LogP contribution in [0.2, 0.25) is 0 Å². The van der Waals surface area contributed by atoms with Crippen molar-refractivity contribution in [1.82, 2.24) is 19.7 Å². The first-order chi connectivity index (χ1) is 13.1. The Balaban J connectivity index is 1.63. The summed E-state index contributed by atoms with van der Waals surface area (Å²) in [5.74, 6) is 0.721. The Bertz CT molecular complexity index is 905. The second-order valence-corrected chi connectivity index (χ2v) is 7.03. The molecule has 0 aromatic carbocycles. The van der Waals surface area contributed by atoms with Crippen molar-refractivity contribution in [3.05, 3.63) is 47.5 Å². The minimum absolute atomic E-state index is 0.0507. The molecule has 0 N–H and O–H groups in total. The summed E-state index contributed by atoms with van der Waals surface area (Å²) in [4.78, 5) is 16.6. The normalized spacial score (nSPS) is 11.1. The lowest BCUT2D eigenvalue weighted by Crippen LogP contribution is -2.08. The summed E-state index contributed by atoms with van der Waals surface area (Å²) in [6.07, 6.45) is 4.24. The predicted molar refractivity (Wildman–Crippen MR) is 103 cm³/mol. The van der Waals surface area contributed by atoms with E-state index in [0.29, 0.717) is 17.7 Å². The Morgan fingerprint density at radius 3 is 2.78 bits per heavy atom. The number of carbonyl (C=O) groups excluding carboxylic acids is 1. The lowest BCUT2D eigenvalue weighted by Gasteiger charge is -2.09. The summed E-state index contributed by atoms with van der Waals surface area (Å²) in [7, 11) is 1.69. The van der Waals surface area contributed by atoms with Gasteiger partial charge in [0.05, 0.1) is 5.75 Å². The van der Waals surface area contributed by atoms with E-state index in [0.717, 1.165) is 35.5 Å². The third kappa shape index (κ3) is 4.64. The molecule has 0 amide bonds. The fourth-order valence-corrected chi connectivity index (χ4v) is 3.53. The average Bonchev–Trinajstić information content (AvgIpc) is 3.27. The van der Waals surface area contributed by atoms with Gasteiger partial charge in [-0.05, 0) is 38.5 Å². The van der Waals surface area contributed by atoms with E-state index in [4.69, 9.17) is 9.15 Å². The summed E-state index contributed by atoms with van der Waals surface area (Å²) in [6, 6.07) is 5.54. The first kappa shape index (κ1) is 19.3. The molecule has 3 aromatic heterocycles. The fraction of sp³-hybridized carbons (Fsp3) is 0.368. The molecule has 8 heteroatoms. The summed E-state index contributed by atoms with van der Waals surface area (Å²) in [5.41, 5.74) is 3.61. The molecule has 27 heavy (non-hydrogen) atoms. The van der Waals surface area contributed by atoms with E-state index in [1.165, 1.54) is 11.8 Å². The SMILES string of the molecule is COCCCn1c(C)cc(C(=O)CSc2nnc(-c3ccncc3)o2)c1C. The fourth-order valence-electron chi connectivity index (χ4n) is 2.88. The average molecular weight is 386 g/mol. The summed E-state index contributed by atoms with van der Waals surface area (Å²) in [5, 5.41) is 8.41. The Labute approximate surface area is 162 Å². The lowest BCUT2D eigenvalue weighted by atomic mass is 10.2. The molecule has 0 saturated carbocycles. The molecule has 0 unspecified atom stereocenters. The van der Waals surface area contributed by atoms with Crippen molar-refractivity contribution >= 4 is 17.5 Å². The molecule has 0 saturated heterocycles. The molecule has 0 atom stereocenters. The summed E-state index contributed by atoms with van der Waals surface area (Å²) >= 11 is 1.25. The molecule has 0 aliphatic heterocycles. The maximum Gasteiger partial charge on any atom is 0.277 e. The second kappa shape index (κ2) is 8.96.